The third kappa shape index (κ3) is 3.84. The van der Waals surface area contributed by atoms with Crippen molar-refractivity contribution in [3.63, 3.8) is 0 Å². The summed E-state index contributed by atoms with van der Waals surface area (Å²) in [6.45, 7) is 0.112. The highest BCUT2D eigenvalue weighted by Crippen LogP contribution is 2.55. The molecule has 154 valence electrons. The number of nitrogens with one attached hydrogen (secondary N) is 1. The van der Waals surface area contributed by atoms with Gasteiger partial charge in [0.2, 0.25) is 5.60 Å². The van der Waals surface area contributed by atoms with Gasteiger partial charge in [0.05, 0.1) is 5.02 Å². The summed E-state index contributed by atoms with van der Waals surface area (Å²) in [6, 6.07) is 9.93. The van der Waals surface area contributed by atoms with Crippen LogP contribution in [0.25, 0.3) is 0 Å². The number of amides is 1. The highest BCUT2D eigenvalue weighted by atomic mass is 79.9. The second-order valence-corrected chi connectivity index (χ2v) is 7.65. The normalized spacial score (nSPS) is 20.1. The lowest BCUT2D eigenvalue weighted by Crippen LogP contribution is -2.44. The zero-order valence-corrected chi connectivity index (χ0v) is 17.7. The molecule has 3 rings (SSSR count). The van der Waals surface area contributed by atoms with Crippen molar-refractivity contribution in [1.82, 2.24) is 5.32 Å². The number of ether oxygens (including phenoxy) is 2. The number of rotatable bonds is 7. The molecule has 2 aromatic carbocycles. The van der Waals surface area contributed by atoms with Crippen LogP contribution in [0.4, 0.5) is 9.18 Å². The summed E-state index contributed by atoms with van der Waals surface area (Å²) in [5.74, 6) is -0.844. The summed E-state index contributed by atoms with van der Waals surface area (Å²) in [7, 11) is 1.43. The summed E-state index contributed by atoms with van der Waals surface area (Å²) in [5.41, 5.74) is -0.566. The molecule has 0 aliphatic carbocycles. The van der Waals surface area contributed by atoms with Crippen LogP contribution < -0.4 is 10.1 Å². The molecule has 0 fully saturated rings. The number of benzene rings is 2. The number of ketones is 1. The average molecular weight is 487 g/mol. The van der Waals surface area contributed by atoms with Gasteiger partial charge < -0.3 is 19.9 Å². The fraction of sp³-hybridized carbons (Fsp3) is 0.300. The third-order valence-corrected chi connectivity index (χ3v) is 6.20. The van der Waals surface area contributed by atoms with Crippen molar-refractivity contribution in [2.75, 3.05) is 13.7 Å². The number of carbonyl (C=O) groups is 2. The maximum atomic E-state index is 14.2. The number of hydrogen-bond acceptors (Lipinski definition) is 4. The first kappa shape index (κ1) is 21.5. The Balaban J connectivity index is 2.06. The third-order valence-electron chi connectivity index (χ3n) is 4.77. The molecule has 29 heavy (non-hydrogen) atoms. The fourth-order valence-electron chi connectivity index (χ4n) is 3.52. The molecule has 1 amide bonds. The monoisotopic (exact) mass is 485 g/mol. The molecule has 2 N–H and O–H groups in total. The summed E-state index contributed by atoms with van der Waals surface area (Å²) in [6.07, 6.45) is -1.75. The van der Waals surface area contributed by atoms with E-state index in [1.54, 1.807) is 30.3 Å². The zero-order valence-electron chi connectivity index (χ0n) is 15.4. The molecule has 0 saturated carbocycles. The zero-order chi connectivity index (χ0) is 21.2. The van der Waals surface area contributed by atoms with E-state index in [1.165, 1.54) is 7.11 Å². The number of methoxy groups -OCH3 is 1. The van der Waals surface area contributed by atoms with Crippen LogP contribution in [-0.2, 0) is 15.1 Å². The van der Waals surface area contributed by atoms with E-state index in [4.69, 9.17) is 26.2 Å². The highest BCUT2D eigenvalue weighted by molar-refractivity contribution is 9.10. The molecule has 1 heterocycles. The van der Waals surface area contributed by atoms with E-state index in [1.807, 2.05) is 0 Å². The van der Waals surface area contributed by atoms with Crippen molar-refractivity contribution in [3.8, 4) is 5.75 Å². The molecule has 1 aliphatic heterocycles. The van der Waals surface area contributed by atoms with Crippen molar-refractivity contribution in [1.29, 1.82) is 0 Å². The second-order valence-electron chi connectivity index (χ2n) is 6.48. The Labute approximate surface area is 180 Å². The fourth-order valence-corrected chi connectivity index (χ4v) is 4.27. The van der Waals surface area contributed by atoms with Gasteiger partial charge in [0.25, 0.3) is 0 Å². The molecule has 0 unspecified atom stereocenters. The first-order chi connectivity index (χ1) is 13.8. The van der Waals surface area contributed by atoms with Gasteiger partial charge in [0.15, 0.2) is 5.78 Å². The minimum Gasteiger partial charge on any atom is -0.471 e. The Kier molecular flexibility index (Phi) is 6.45. The summed E-state index contributed by atoms with van der Waals surface area (Å²) in [4.78, 5) is 24.0. The molecule has 0 spiro atoms. The van der Waals surface area contributed by atoms with Crippen molar-refractivity contribution in [3.05, 3.63) is 62.8 Å². The Hall–Kier alpha value is -2.16. The minimum atomic E-state index is -1.55. The maximum absolute atomic E-state index is 14.2. The number of Topliss-reactive ketones (excluding diaryl/α,β-unsaturated/α-hetero) is 1. The Morgan fingerprint density at radius 2 is 2.07 bits per heavy atom. The lowest BCUT2D eigenvalue weighted by Gasteiger charge is -2.33. The van der Waals surface area contributed by atoms with E-state index in [0.29, 0.717) is 11.1 Å². The predicted molar refractivity (Wildman–Crippen MR) is 108 cm³/mol. The molecule has 0 aromatic heterocycles. The van der Waals surface area contributed by atoms with Crippen molar-refractivity contribution < 1.29 is 28.6 Å². The summed E-state index contributed by atoms with van der Waals surface area (Å²) < 4.78 is 26.3. The summed E-state index contributed by atoms with van der Waals surface area (Å²) in [5, 5.41) is 10.8. The van der Waals surface area contributed by atoms with Gasteiger partial charge in [-0.1, -0.05) is 41.9 Å². The Morgan fingerprint density at radius 1 is 1.38 bits per heavy atom. The van der Waals surface area contributed by atoms with Gasteiger partial charge in [-0.05, 0) is 22.4 Å². The first-order valence-electron chi connectivity index (χ1n) is 8.77. The van der Waals surface area contributed by atoms with Gasteiger partial charge in [-0.25, -0.2) is 9.18 Å². The number of fused-ring (bicyclic) bond motifs is 1. The van der Waals surface area contributed by atoms with Crippen molar-refractivity contribution in [2.24, 2.45) is 0 Å². The van der Waals surface area contributed by atoms with Crippen LogP contribution in [0.5, 0.6) is 5.75 Å². The predicted octanol–water partition coefficient (Wildman–Crippen LogP) is 4.83. The van der Waals surface area contributed by atoms with Crippen molar-refractivity contribution in [2.45, 2.75) is 24.5 Å². The number of carboxylic acid groups (broad SMARTS) is 1. The van der Waals surface area contributed by atoms with Gasteiger partial charge in [-0.2, -0.15) is 0 Å². The smallest absolute Gasteiger partial charge is 0.404 e. The molecule has 2 aromatic rings. The molecule has 9 heteroatoms. The van der Waals surface area contributed by atoms with E-state index in [-0.39, 0.29) is 40.4 Å². The number of hydrogen-bond donors (Lipinski definition) is 2. The van der Waals surface area contributed by atoms with E-state index >= 15 is 0 Å². The van der Waals surface area contributed by atoms with Crippen LogP contribution in [0.3, 0.4) is 0 Å². The molecule has 0 saturated heterocycles. The molecule has 0 radical (unpaired) electrons. The van der Waals surface area contributed by atoms with Crippen LogP contribution >= 0.6 is 27.5 Å². The van der Waals surface area contributed by atoms with Crippen LogP contribution in [0.2, 0.25) is 5.02 Å². The lowest BCUT2D eigenvalue weighted by molar-refractivity contribution is -0.146. The van der Waals surface area contributed by atoms with Crippen LogP contribution in [0.15, 0.2) is 40.9 Å². The molecular formula is C20H18BrClFNO5. The number of carbonyl (C=O) groups excluding carboxylic acids is 1. The van der Waals surface area contributed by atoms with Gasteiger partial charge >= 0.3 is 6.09 Å². The molecule has 6 nitrogen and oxygen atoms in total. The van der Waals surface area contributed by atoms with Gasteiger partial charge in [0.1, 0.15) is 17.7 Å². The molecule has 1 aliphatic rings. The van der Waals surface area contributed by atoms with E-state index in [2.05, 4.69) is 21.2 Å². The van der Waals surface area contributed by atoms with Gasteiger partial charge in [-0.3, -0.25) is 4.79 Å². The highest BCUT2D eigenvalue weighted by Gasteiger charge is 2.56. The lowest BCUT2D eigenvalue weighted by atomic mass is 9.81. The average Bonchev–Trinajstić information content (AvgIpc) is 3.05. The van der Waals surface area contributed by atoms with E-state index in [0.717, 1.165) is 6.07 Å². The van der Waals surface area contributed by atoms with E-state index < -0.39 is 23.6 Å². The second kappa shape index (κ2) is 8.69. The molecule has 0 bridgehead atoms. The topological polar surface area (TPSA) is 84.9 Å². The van der Waals surface area contributed by atoms with Crippen LogP contribution in [-0.4, -0.2) is 30.6 Å². The first-order valence-corrected chi connectivity index (χ1v) is 9.94. The van der Waals surface area contributed by atoms with Gasteiger partial charge in [0, 0.05) is 41.7 Å². The van der Waals surface area contributed by atoms with Gasteiger partial charge in [-0.15, -0.1) is 0 Å². The standard InChI is InChI=1S/C20H18BrClFNO5/c1-28-18-15-13(10-12(23)17(22)16(15)21)29-20(18,11-6-3-2-4-7-11)14(25)8-5-9-24-19(26)27/h2-4,6-7,10,18,24H,5,8-9H2,1H3,(H,26,27)/t18-,20-/m0/s1. The van der Waals surface area contributed by atoms with Crippen LogP contribution in [0, 0.1) is 5.82 Å². The Bertz CT molecular complexity index is 942. The SMILES string of the molecule is CO[C@H]1c2c(cc(F)c(Cl)c2Br)O[C@]1(C(=O)CCCNC(=O)O)c1ccccc1. The van der Waals surface area contributed by atoms with E-state index in [9.17, 15) is 14.0 Å². The summed E-state index contributed by atoms with van der Waals surface area (Å²) >= 11 is 9.35. The number of halogens is 3. The Morgan fingerprint density at radius 3 is 2.69 bits per heavy atom. The largest absolute Gasteiger partial charge is 0.471 e. The molecular weight excluding hydrogens is 469 g/mol. The quantitative estimate of drug-likeness (QED) is 0.432. The van der Waals surface area contributed by atoms with Crippen LogP contribution in [0.1, 0.15) is 30.1 Å². The minimum absolute atomic E-state index is 0.0247. The maximum Gasteiger partial charge on any atom is 0.404 e. The van der Waals surface area contributed by atoms with Crippen molar-refractivity contribution >= 4 is 39.4 Å². The molecule has 2 atom stereocenters.